The average Bonchev–Trinajstić information content (AvgIpc) is 3.42. The van der Waals surface area contributed by atoms with Crippen LogP contribution >= 0.6 is 0 Å². The second-order valence-corrected chi connectivity index (χ2v) is 7.31. The largest absolute Gasteiger partial charge is 0.496 e. The first kappa shape index (κ1) is 17.6. The Bertz CT molecular complexity index is 832. The Morgan fingerprint density at radius 3 is 2.41 bits per heavy atom. The highest BCUT2D eigenvalue weighted by atomic mass is 16.5. The molecule has 2 atom stereocenters. The van der Waals surface area contributed by atoms with Gasteiger partial charge < -0.3 is 15.0 Å². The lowest BCUT2D eigenvalue weighted by Crippen LogP contribution is -2.36. The molecule has 2 aromatic rings. The third kappa shape index (κ3) is 3.68. The minimum atomic E-state index is -0.269. The molecule has 0 aromatic heterocycles. The Morgan fingerprint density at radius 2 is 1.70 bits per heavy atom. The summed E-state index contributed by atoms with van der Waals surface area (Å²) < 4.78 is 5.52. The van der Waals surface area contributed by atoms with Crippen LogP contribution in [-0.2, 0) is 4.79 Å². The first-order valence-electron chi connectivity index (χ1n) is 9.45. The van der Waals surface area contributed by atoms with E-state index in [1.165, 1.54) is 0 Å². The molecular formula is C22H24N2O3. The molecule has 0 radical (unpaired) electrons. The Morgan fingerprint density at radius 1 is 1.00 bits per heavy atom. The molecule has 2 aromatic carbocycles. The maximum Gasteiger partial charge on any atom is 0.253 e. The summed E-state index contributed by atoms with van der Waals surface area (Å²) in [4.78, 5) is 27.6. The predicted molar refractivity (Wildman–Crippen MR) is 103 cm³/mol. The van der Waals surface area contributed by atoms with E-state index < -0.39 is 0 Å². The molecule has 5 nitrogen and oxygen atoms in total. The summed E-state index contributed by atoms with van der Waals surface area (Å²) in [5.41, 5.74) is 1.64. The molecule has 0 unspecified atom stereocenters. The van der Waals surface area contributed by atoms with Gasteiger partial charge in [0.1, 0.15) is 5.75 Å². The van der Waals surface area contributed by atoms with E-state index in [0.717, 1.165) is 24.2 Å². The minimum absolute atomic E-state index is 0.0304. The topological polar surface area (TPSA) is 58.6 Å². The van der Waals surface area contributed by atoms with Crippen LogP contribution in [0.15, 0.2) is 54.6 Å². The predicted octanol–water partition coefficient (Wildman–Crippen LogP) is 2.83. The summed E-state index contributed by atoms with van der Waals surface area (Å²) in [6, 6.07) is 17.3. The van der Waals surface area contributed by atoms with Crippen molar-refractivity contribution in [1.82, 2.24) is 10.2 Å². The highest BCUT2D eigenvalue weighted by Crippen LogP contribution is 2.38. The Labute approximate surface area is 159 Å². The molecule has 0 spiro atoms. The molecule has 2 amide bonds. The van der Waals surface area contributed by atoms with Gasteiger partial charge in [-0.1, -0.05) is 36.4 Å². The van der Waals surface area contributed by atoms with Gasteiger partial charge in [-0.3, -0.25) is 9.59 Å². The minimum Gasteiger partial charge on any atom is -0.496 e. The third-order valence-electron chi connectivity index (χ3n) is 5.43. The van der Waals surface area contributed by atoms with Crippen LogP contribution in [0.25, 0.3) is 0 Å². The lowest BCUT2D eigenvalue weighted by Gasteiger charge is -2.20. The van der Waals surface area contributed by atoms with E-state index in [4.69, 9.17) is 4.74 Å². The molecule has 1 aliphatic carbocycles. The van der Waals surface area contributed by atoms with Gasteiger partial charge in [-0.2, -0.15) is 0 Å². The number of rotatable bonds is 5. The molecule has 1 saturated heterocycles. The summed E-state index contributed by atoms with van der Waals surface area (Å²) in [7, 11) is 1.64. The smallest absolute Gasteiger partial charge is 0.253 e. The summed E-state index contributed by atoms with van der Waals surface area (Å²) in [6.45, 7) is 0.936. The zero-order valence-electron chi connectivity index (χ0n) is 15.4. The van der Waals surface area contributed by atoms with Crippen LogP contribution in [0.1, 0.15) is 34.7 Å². The number of likely N-dealkylation sites (tertiary alicyclic amines) is 1. The number of para-hydroxylation sites is 1. The number of amides is 2. The van der Waals surface area contributed by atoms with Crippen molar-refractivity contribution in [3.63, 3.8) is 0 Å². The van der Waals surface area contributed by atoms with E-state index in [0.29, 0.717) is 24.7 Å². The van der Waals surface area contributed by atoms with Crippen molar-refractivity contribution in [2.24, 2.45) is 5.92 Å². The van der Waals surface area contributed by atoms with E-state index in [9.17, 15) is 9.59 Å². The lowest BCUT2D eigenvalue weighted by atomic mass is 9.87. The standard InChI is InChI=1S/C22H24N2O3/c1-27-20-10-6-5-9-17(20)18-13-24(22(26)15-7-3-2-4-8-15)14-19(18)21(25)23-16-11-12-16/h2-10,16,18-19H,11-14H2,1H3,(H,23,25)/t18-,19-/m1/s1. The van der Waals surface area contributed by atoms with Crippen LogP contribution in [-0.4, -0.2) is 43.0 Å². The van der Waals surface area contributed by atoms with Crippen molar-refractivity contribution >= 4 is 11.8 Å². The zero-order chi connectivity index (χ0) is 18.8. The fourth-order valence-electron chi connectivity index (χ4n) is 3.82. The Hall–Kier alpha value is -2.82. The molecule has 0 bridgehead atoms. The van der Waals surface area contributed by atoms with Crippen LogP contribution in [0.3, 0.4) is 0 Å². The van der Waals surface area contributed by atoms with E-state index in [2.05, 4.69) is 5.32 Å². The number of hydrogen-bond acceptors (Lipinski definition) is 3. The van der Waals surface area contributed by atoms with Gasteiger partial charge in [-0.25, -0.2) is 0 Å². The van der Waals surface area contributed by atoms with Gasteiger partial charge in [0.25, 0.3) is 5.91 Å². The number of methoxy groups -OCH3 is 1. The van der Waals surface area contributed by atoms with Crippen molar-refractivity contribution in [1.29, 1.82) is 0 Å². The van der Waals surface area contributed by atoms with Crippen molar-refractivity contribution < 1.29 is 14.3 Å². The maximum absolute atomic E-state index is 12.9. The Kier molecular flexibility index (Phi) is 4.84. The molecule has 4 rings (SSSR count). The van der Waals surface area contributed by atoms with Gasteiger partial charge in [0, 0.05) is 30.6 Å². The maximum atomic E-state index is 12.9. The number of nitrogens with zero attached hydrogens (tertiary/aromatic N) is 1. The molecule has 1 N–H and O–H groups in total. The number of carbonyl (C=O) groups is 2. The first-order valence-corrected chi connectivity index (χ1v) is 9.45. The van der Waals surface area contributed by atoms with E-state index in [1.807, 2.05) is 54.6 Å². The van der Waals surface area contributed by atoms with E-state index in [1.54, 1.807) is 12.0 Å². The van der Waals surface area contributed by atoms with Crippen LogP contribution in [0.5, 0.6) is 5.75 Å². The van der Waals surface area contributed by atoms with Crippen molar-refractivity contribution in [2.75, 3.05) is 20.2 Å². The van der Waals surface area contributed by atoms with Gasteiger partial charge in [-0.05, 0) is 36.6 Å². The highest BCUT2D eigenvalue weighted by molar-refractivity contribution is 5.95. The van der Waals surface area contributed by atoms with Gasteiger partial charge >= 0.3 is 0 Å². The summed E-state index contributed by atoms with van der Waals surface area (Å²) >= 11 is 0. The first-order chi connectivity index (χ1) is 13.2. The third-order valence-corrected chi connectivity index (χ3v) is 5.43. The molecular weight excluding hydrogens is 340 g/mol. The van der Waals surface area contributed by atoms with Crippen LogP contribution in [0.2, 0.25) is 0 Å². The molecule has 140 valence electrons. The summed E-state index contributed by atoms with van der Waals surface area (Å²) in [6.07, 6.45) is 2.09. The summed E-state index contributed by atoms with van der Waals surface area (Å²) in [5.74, 6) is 0.428. The Balaban J connectivity index is 1.62. The van der Waals surface area contributed by atoms with Crippen molar-refractivity contribution in [3.8, 4) is 5.75 Å². The molecule has 5 heteroatoms. The van der Waals surface area contributed by atoms with Gasteiger partial charge in [0.05, 0.1) is 13.0 Å². The SMILES string of the molecule is COc1ccccc1[C@H]1CN(C(=O)c2ccccc2)C[C@H]1C(=O)NC1CC1. The van der Waals surface area contributed by atoms with Gasteiger partial charge in [-0.15, -0.1) is 0 Å². The van der Waals surface area contributed by atoms with Gasteiger partial charge in [0.15, 0.2) is 0 Å². The second-order valence-electron chi connectivity index (χ2n) is 7.31. The molecule has 1 saturated carbocycles. The van der Waals surface area contributed by atoms with Crippen LogP contribution in [0.4, 0.5) is 0 Å². The molecule has 2 fully saturated rings. The van der Waals surface area contributed by atoms with Gasteiger partial charge in [0.2, 0.25) is 5.91 Å². The molecule has 1 heterocycles. The van der Waals surface area contributed by atoms with Crippen LogP contribution < -0.4 is 10.1 Å². The number of nitrogens with one attached hydrogen (secondary N) is 1. The fraction of sp³-hybridized carbons (Fsp3) is 0.364. The number of hydrogen-bond donors (Lipinski definition) is 1. The molecule has 2 aliphatic rings. The highest BCUT2D eigenvalue weighted by Gasteiger charge is 2.42. The number of carbonyl (C=O) groups excluding carboxylic acids is 2. The number of ether oxygens (including phenoxy) is 1. The lowest BCUT2D eigenvalue weighted by molar-refractivity contribution is -0.125. The average molecular weight is 364 g/mol. The second kappa shape index (κ2) is 7.43. The normalized spacial score (nSPS) is 21.7. The molecule has 27 heavy (non-hydrogen) atoms. The van der Waals surface area contributed by atoms with E-state index in [-0.39, 0.29) is 23.7 Å². The van der Waals surface area contributed by atoms with Crippen molar-refractivity contribution in [2.45, 2.75) is 24.8 Å². The molecule has 1 aliphatic heterocycles. The van der Waals surface area contributed by atoms with Crippen molar-refractivity contribution in [3.05, 3.63) is 65.7 Å². The monoisotopic (exact) mass is 364 g/mol. The fourth-order valence-corrected chi connectivity index (χ4v) is 3.82. The van der Waals surface area contributed by atoms with E-state index >= 15 is 0 Å². The zero-order valence-corrected chi connectivity index (χ0v) is 15.4. The summed E-state index contributed by atoms with van der Waals surface area (Å²) in [5, 5.41) is 3.11. The quantitative estimate of drug-likeness (QED) is 0.888. The van der Waals surface area contributed by atoms with Crippen LogP contribution in [0, 0.1) is 5.92 Å². The number of benzene rings is 2.